The van der Waals surface area contributed by atoms with Crippen molar-refractivity contribution in [2.24, 2.45) is 0 Å². The third-order valence-electron chi connectivity index (χ3n) is 5.35. The Labute approximate surface area is 130 Å². The Hall–Kier alpha value is -0.910. The molecule has 0 bridgehead atoms. The first kappa shape index (κ1) is 13.7. The SMILES string of the molecule is CCC1CN(Cc2cn3ccsc3n2)C2(CCCC2)CN1. The van der Waals surface area contributed by atoms with Gasteiger partial charge in [-0.05, 0) is 19.3 Å². The Morgan fingerprint density at radius 3 is 3.05 bits per heavy atom. The minimum absolute atomic E-state index is 0.392. The van der Waals surface area contributed by atoms with Crippen LogP contribution in [-0.4, -0.2) is 39.0 Å². The van der Waals surface area contributed by atoms with Crippen molar-refractivity contribution in [1.29, 1.82) is 0 Å². The van der Waals surface area contributed by atoms with Crippen molar-refractivity contribution >= 4 is 16.3 Å². The van der Waals surface area contributed by atoms with Crippen LogP contribution in [0.3, 0.4) is 0 Å². The van der Waals surface area contributed by atoms with Gasteiger partial charge >= 0.3 is 0 Å². The van der Waals surface area contributed by atoms with Gasteiger partial charge in [0.1, 0.15) is 0 Å². The fourth-order valence-electron chi connectivity index (χ4n) is 4.05. The maximum atomic E-state index is 4.79. The molecule has 114 valence electrons. The third kappa shape index (κ3) is 2.41. The lowest BCUT2D eigenvalue weighted by Gasteiger charge is -2.48. The van der Waals surface area contributed by atoms with E-state index in [1.807, 2.05) is 0 Å². The number of piperazine rings is 1. The van der Waals surface area contributed by atoms with Crippen molar-refractivity contribution in [2.75, 3.05) is 13.1 Å². The predicted molar refractivity (Wildman–Crippen MR) is 86.8 cm³/mol. The van der Waals surface area contributed by atoms with Crippen molar-refractivity contribution in [3.63, 3.8) is 0 Å². The highest BCUT2D eigenvalue weighted by Gasteiger charge is 2.43. The van der Waals surface area contributed by atoms with Crippen LogP contribution in [0.4, 0.5) is 0 Å². The summed E-state index contributed by atoms with van der Waals surface area (Å²) < 4.78 is 2.15. The Morgan fingerprint density at radius 2 is 2.29 bits per heavy atom. The minimum atomic E-state index is 0.392. The van der Waals surface area contributed by atoms with Crippen molar-refractivity contribution in [2.45, 2.75) is 57.2 Å². The number of rotatable bonds is 3. The number of fused-ring (bicyclic) bond motifs is 1. The maximum Gasteiger partial charge on any atom is 0.193 e. The monoisotopic (exact) mass is 304 g/mol. The molecule has 1 saturated heterocycles. The van der Waals surface area contributed by atoms with Gasteiger partial charge in [0.15, 0.2) is 4.96 Å². The van der Waals surface area contributed by atoms with E-state index in [2.05, 4.69) is 39.3 Å². The highest BCUT2D eigenvalue weighted by atomic mass is 32.1. The number of thiazole rings is 1. The van der Waals surface area contributed by atoms with E-state index in [4.69, 9.17) is 4.98 Å². The molecular formula is C16H24N4S. The molecule has 2 fully saturated rings. The number of nitrogens with zero attached hydrogens (tertiary/aromatic N) is 3. The van der Waals surface area contributed by atoms with Crippen LogP contribution in [0.15, 0.2) is 17.8 Å². The Bertz CT molecular complexity index is 582. The van der Waals surface area contributed by atoms with E-state index in [1.165, 1.54) is 44.3 Å². The van der Waals surface area contributed by atoms with Crippen LogP contribution in [0, 0.1) is 0 Å². The van der Waals surface area contributed by atoms with Crippen molar-refractivity contribution in [3.05, 3.63) is 23.5 Å². The van der Waals surface area contributed by atoms with E-state index >= 15 is 0 Å². The van der Waals surface area contributed by atoms with Gasteiger partial charge in [-0.1, -0.05) is 19.8 Å². The maximum absolute atomic E-state index is 4.79. The van der Waals surface area contributed by atoms with E-state index in [-0.39, 0.29) is 0 Å². The molecule has 2 aromatic rings. The van der Waals surface area contributed by atoms with Gasteiger partial charge in [-0.15, -0.1) is 11.3 Å². The summed E-state index contributed by atoms with van der Waals surface area (Å²) in [6.07, 6.45) is 11.0. The summed E-state index contributed by atoms with van der Waals surface area (Å²) >= 11 is 1.72. The molecule has 0 radical (unpaired) electrons. The van der Waals surface area contributed by atoms with E-state index in [9.17, 15) is 0 Å². The second-order valence-electron chi connectivity index (χ2n) is 6.62. The molecule has 0 amide bonds. The van der Waals surface area contributed by atoms with Crippen LogP contribution in [0.2, 0.25) is 0 Å². The fraction of sp³-hybridized carbons (Fsp3) is 0.688. The molecule has 1 spiro atoms. The van der Waals surface area contributed by atoms with Gasteiger partial charge < -0.3 is 5.32 Å². The molecule has 3 heterocycles. The molecule has 4 rings (SSSR count). The van der Waals surface area contributed by atoms with Crippen LogP contribution >= 0.6 is 11.3 Å². The zero-order chi connectivity index (χ0) is 14.3. The number of imidazole rings is 1. The number of hydrogen-bond acceptors (Lipinski definition) is 4. The molecule has 1 aliphatic carbocycles. The molecule has 1 saturated carbocycles. The average Bonchev–Trinajstić information content (AvgIpc) is 3.17. The topological polar surface area (TPSA) is 32.6 Å². The molecular weight excluding hydrogens is 280 g/mol. The molecule has 1 unspecified atom stereocenters. The van der Waals surface area contributed by atoms with E-state index < -0.39 is 0 Å². The molecule has 5 heteroatoms. The number of hydrogen-bond donors (Lipinski definition) is 1. The van der Waals surface area contributed by atoms with E-state index in [0.29, 0.717) is 11.6 Å². The molecule has 0 aromatic carbocycles. The molecule has 2 aliphatic rings. The van der Waals surface area contributed by atoms with Crippen LogP contribution in [0.1, 0.15) is 44.7 Å². The van der Waals surface area contributed by atoms with Crippen LogP contribution in [0.5, 0.6) is 0 Å². The molecule has 4 nitrogen and oxygen atoms in total. The van der Waals surface area contributed by atoms with Crippen molar-refractivity contribution in [3.8, 4) is 0 Å². The van der Waals surface area contributed by atoms with Gasteiger partial charge in [-0.2, -0.15) is 0 Å². The van der Waals surface area contributed by atoms with Gasteiger partial charge in [0, 0.05) is 49.0 Å². The fourth-order valence-corrected chi connectivity index (χ4v) is 4.77. The Balaban J connectivity index is 1.58. The van der Waals surface area contributed by atoms with Crippen molar-refractivity contribution in [1.82, 2.24) is 19.6 Å². The first-order valence-electron chi connectivity index (χ1n) is 8.19. The largest absolute Gasteiger partial charge is 0.311 e. The summed E-state index contributed by atoms with van der Waals surface area (Å²) in [5, 5.41) is 5.87. The molecule has 1 N–H and O–H groups in total. The van der Waals surface area contributed by atoms with Crippen LogP contribution in [0.25, 0.3) is 4.96 Å². The minimum Gasteiger partial charge on any atom is -0.311 e. The Kier molecular flexibility index (Phi) is 3.52. The normalized spacial score (nSPS) is 26.0. The highest BCUT2D eigenvalue weighted by molar-refractivity contribution is 7.15. The molecule has 1 atom stereocenters. The lowest BCUT2D eigenvalue weighted by Crippen LogP contribution is -2.62. The zero-order valence-corrected chi connectivity index (χ0v) is 13.5. The number of aromatic nitrogens is 2. The summed E-state index contributed by atoms with van der Waals surface area (Å²) in [5.74, 6) is 0. The van der Waals surface area contributed by atoms with Crippen LogP contribution < -0.4 is 5.32 Å². The lowest BCUT2D eigenvalue weighted by atomic mass is 9.90. The van der Waals surface area contributed by atoms with Gasteiger partial charge in [0.05, 0.1) is 5.69 Å². The van der Waals surface area contributed by atoms with Gasteiger partial charge in [0.25, 0.3) is 0 Å². The highest BCUT2D eigenvalue weighted by Crippen LogP contribution is 2.38. The Morgan fingerprint density at radius 1 is 1.43 bits per heavy atom. The predicted octanol–water partition coefficient (Wildman–Crippen LogP) is 2.89. The van der Waals surface area contributed by atoms with Crippen LogP contribution in [-0.2, 0) is 6.54 Å². The molecule has 1 aliphatic heterocycles. The summed E-state index contributed by atoms with van der Waals surface area (Å²) in [7, 11) is 0. The van der Waals surface area contributed by atoms with E-state index in [1.54, 1.807) is 11.3 Å². The van der Waals surface area contributed by atoms with E-state index in [0.717, 1.165) is 18.1 Å². The molecule has 21 heavy (non-hydrogen) atoms. The molecule has 2 aromatic heterocycles. The summed E-state index contributed by atoms with van der Waals surface area (Å²) in [4.78, 5) is 8.64. The third-order valence-corrected chi connectivity index (χ3v) is 6.13. The standard InChI is InChI=1S/C16H24N4S/c1-2-13-10-20(16(12-17-13)5-3-4-6-16)11-14-9-19-7-8-21-15(19)18-14/h7-9,13,17H,2-6,10-12H2,1H3. The lowest BCUT2D eigenvalue weighted by molar-refractivity contribution is 0.0340. The first-order chi connectivity index (χ1) is 10.3. The smallest absolute Gasteiger partial charge is 0.193 e. The van der Waals surface area contributed by atoms with Gasteiger partial charge in [-0.25, -0.2) is 4.98 Å². The summed E-state index contributed by atoms with van der Waals surface area (Å²) in [6, 6.07) is 0.639. The van der Waals surface area contributed by atoms with Gasteiger partial charge in [0.2, 0.25) is 0 Å². The van der Waals surface area contributed by atoms with Gasteiger partial charge in [-0.3, -0.25) is 9.30 Å². The number of nitrogens with one attached hydrogen (secondary N) is 1. The second kappa shape index (κ2) is 5.38. The zero-order valence-electron chi connectivity index (χ0n) is 12.7. The summed E-state index contributed by atoms with van der Waals surface area (Å²) in [5.41, 5.74) is 1.62. The summed E-state index contributed by atoms with van der Waals surface area (Å²) in [6.45, 7) is 5.62. The first-order valence-corrected chi connectivity index (χ1v) is 9.06. The van der Waals surface area contributed by atoms with Crippen molar-refractivity contribution < 1.29 is 0 Å². The quantitative estimate of drug-likeness (QED) is 0.946. The second-order valence-corrected chi connectivity index (χ2v) is 7.50. The average molecular weight is 304 g/mol.